The normalized spacial score (nSPS) is 19.9. The average Bonchev–Trinajstić information content (AvgIpc) is 3.53. The largest absolute Gasteiger partial charge is 0.497 e. The topological polar surface area (TPSA) is 57.5 Å². The molecule has 5 heteroatoms. The average molecular weight is 516 g/mol. The molecule has 202 valence electrons. The van der Waals surface area contributed by atoms with Crippen LogP contribution in [0.25, 0.3) is 22.2 Å². The minimum atomic E-state index is -0.571. The molecule has 2 aliphatic rings. The number of esters is 1. The van der Waals surface area contributed by atoms with Gasteiger partial charge in [-0.05, 0) is 100 Å². The molecule has 0 radical (unpaired) electrons. The highest BCUT2D eigenvalue weighted by Crippen LogP contribution is 2.65. The van der Waals surface area contributed by atoms with Crippen molar-refractivity contribution in [1.82, 2.24) is 4.57 Å². The van der Waals surface area contributed by atoms with Gasteiger partial charge in [-0.15, -0.1) is 0 Å². The van der Waals surface area contributed by atoms with Crippen LogP contribution in [0, 0.1) is 5.41 Å². The van der Waals surface area contributed by atoms with Crippen molar-refractivity contribution in [3.05, 3.63) is 53.1 Å². The zero-order chi connectivity index (χ0) is 27.4. The number of fused-ring (bicyclic) bond motifs is 7. The Hall–Kier alpha value is -3.08. The molecule has 0 spiro atoms. The number of ketones is 1. The van der Waals surface area contributed by atoms with E-state index in [0.29, 0.717) is 18.0 Å². The van der Waals surface area contributed by atoms with Gasteiger partial charge in [0.25, 0.3) is 0 Å². The number of rotatable bonds is 8. The van der Waals surface area contributed by atoms with E-state index in [-0.39, 0.29) is 17.7 Å². The van der Waals surface area contributed by atoms with E-state index >= 15 is 0 Å². The Morgan fingerprint density at radius 2 is 1.79 bits per heavy atom. The van der Waals surface area contributed by atoms with Crippen LogP contribution in [-0.4, -0.2) is 29.0 Å². The van der Waals surface area contributed by atoms with Gasteiger partial charge in [0.15, 0.2) is 0 Å². The van der Waals surface area contributed by atoms with Crippen molar-refractivity contribution in [2.24, 2.45) is 5.41 Å². The maximum absolute atomic E-state index is 13.2. The van der Waals surface area contributed by atoms with Crippen molar-refractivity contribution in [3.8, 4) is 17.0 Å². The summed E-state index contributed by atoms with van der Waals surface area (Å²) in [4.78, 5) is 26.3. The lowest BCUT2D eigenvalue weighted by Gasteiger charge is -2.20. The van der Waals surface area contributed by atoms with Gasteiger partial charge in [0.2, 0.25) is 0 Å². The molecular formula is C33H41NO4. The molecule has 3 aromatic rings. The van der Waals surface area contributed by atoms with E-state index in [1.807, 2.05) is 39.0 Å². The Balaban J connectivity index is 1.82. The van der Waals surface area contributed by atoms with E-state index in [9.17, 15) is 9.59 Å². The molecule has 0 saturated heterocycles. The molecule has 38 heavy (non-hydrogen) atoms. The molecule has 5 rings (SSSR count). The van der Waals surface area contributed by atoms with Crippen LogP contribution < -0.4 is 4.74 Å². The molecule has 1 fully saturated rings. The van der Waals surface area contributed by atoms with E-state index < -0.39 is 11.0 Å². The van der Waals surface area contributed by atoms with E-state index in [0.717, 1.165) is 43.4 Å². The maximum Gasteiger partial charge on any atom is 0.338 e. The maximum atomic E-state index is 13.2. The van der Waals surface area contributed by atoms with Crippen LogP contribution >= 0.6 is 0 Å². The Morgan fingerprint density at radius 1 is 1.08 bits per heavy atom. The van der Waals surface area contributed by atoms with E-state index in [4.69, 9.17) is 9.47 Å². The van der Waals surface area contributed by atoms with Gasteiger partial charge in [0.05, 0.1) is 23.8 Å². The summed E-state index contributed by atoms with van der Waals surface area (Å²) in [5.41, 5.74) is 5.53. The van der Waals surface area contributed by atoms with E-state index in [1.165, 1.54) is 27.8 Å². The monoisotopic (exact) mass is 515 g/mol. The number of carbonyl (C=O) groups excluding carboxylic acids is 2. The lowest BCUT2D eigenvalue weighted by atomic mass is 9.85. The van der Waals surface area contributed by atoms with Crippen molar-refractivity contribution >= 4 is 22.7 Å². The summed E-state index contributed by atoms with van der Waals surface area (Å²) in [6.45, 7) is 12.5. The van der Waals surface area contributed by atoms with Crippen molar-refractivity contribution in [3.63, 3.8) is 0 Å². The number of methoxy groups -OCH3 is 1. The molecule has 2 unspecified atom stereocenters. The fourth-order valence-electron chi connectivity index (χ4n) is 6.68. The smallest absolute Gasteiger partial charge is 0.338 e. The molecule has 0 bridgehead atoms. The number of hydrogen-bond donors (Lipinski definition) is 0. The Kier molecular flexibility index (Phi) is 6.69. The van der Waals surface area contributed by atoms with Gasteiger partial charge in [-0.1, -0.05) is 32.8 Å². The number of nitrogens with zero attached hydrogens (tertiary/aromatic N) is 1. The Morgan fingerprint density at radius 3 is 2.39 bits per heavy atom. The lowest BCUT2D eigenvalue weighted by Crippen LogP contribution is -2.24. The van der Waals surface area contributed by atoms with Gasteiger partial charge in [-0.25, -0.2) is 4.79 Å². The summed E-state index contributed by atoms with van der Waals surface area (Å²) in [6, 6.07) is 12.4. The zero-order valence-electron chi connectivity index (χ0n) is 23.9. The van der Waals surface area contributed by atoms with E-state index in [1.54, 1.807) is 14.0 Å². The van der Waals surface area contributed by atoms with Crippen LogP contribution in [0.2, 0.25) is 0 Å². The number of Topliss-reactive ketones (excluding diaryl/α,β-unsaturated/α-hetero) is 1. The standard InChI is InChI=1S/C33H41NO4/c1-8-10-21(11-9-2)29-25-14-12-22(31(36)38-32(4,5)6)16-28(25)34-19-33(20(3)35)18-27(33)26-17-23(37-7)13-15-24(26)30(29)34/h12-17,21,27H,8-11,18-19H2,1-7H3. The van der Waals surface area contributed by atoms with E-state index in [2.05, 4.69) is 36.6 Å². The minimum Gasteiger partial charge on any atom is -0.497 e. The van der Waals surface area contributed by atoms with Crippen LogP contribution in [0.3, 0.4) is 0 Å². The van der Waals surface area contributed by atoms with Gasteiger partial charge < -0.3 is 14.0 Å². The summed E-state index contributed by atoms with van der Waals surface area (Å²) in [7, 11) is 1.70. The molecule has 2 heterocycles. The quantitative estimate of drug-likeness (QED) is 0.285. The first-order valence-electron chi connectivity index (χ1n) is 14.1. The molecular weight excluding hydrogens is 474 g/mol. The molecule has 0 amide bonds. The molecule has 2 aromatic carbocycles. The Bertz CT molecular complexity index is 1400. The molecule has 1 aliphatic carbocycles. The van der Waals surface area contributed by atoms with Crippen LogP contribution in [0.5, 0.6) is 5.75 Å². The predicted molar refractivity (Wildman–Crippen MR) is 152 cm³/mol. The number of hydrogen-bond acceptors (Lipinski definition) is 4. The number of carbonyl (C=O) groups is 2. The SMILES string of the molecule is CCCC(CCC)c1c2n(c3cc(C(=O)OC(C)(C)C)ccc13)CC1(C(C)=O)CC1c1cc(OC)ccc1-2. The third-order valence-corrected chi connectivity index (χ3v) is 8.53. The first kappa shape index (κ1) is 26.5. The van der Waals surface area contributed by atoms with Gasteiger partial charge >= 0.3 is 5.97 Å². The summed E-state index contributed by atoms with van der Waals surface area (Å²) in [5, 5.41) is 1.18. The first-order chi connectivity index (χ1) is 18.0. The van der Waals surface area contributed by atoms with Crippen molar-refractivity contribution in [2.45, 2.75) is 97.6 Å². The van der Waals surface area contributed by atoms with Crippen LogP contribution in [0.1, 0.15) is 107 Å². The third kappa shape index (κ3) is 4.34. The van der Waals surface area contributed by atoms with Gasteiger partial charge in [-0.2, -0.15) is 0 Å². The van der Waals surface area contributed by atoms with Crippen LogP contribution in [0.15, 0.2) is 36.4 Å². The molecule has 1 aromatic heterocycles. The van der Waals surface area contributed by atoms with Gasteiger partial charge in [-0.3, -0.25) is 4.79 Å². The van der Waals surface area contributed by atoms with Crippen molar-refractivity contribution in [1.29, 1.82) is 0 Å². The zero-order valence-corrected chi connectivity index (χ0v) is 23.9. The second-order valence-electron chi connectivity index (χ2n) is 12.3. The molecule has 2 atom stereocenters. The molecule has 5 nitrogen and oxygen atoms in total. The first-order valence-corrected chi connectivity index (χ1v) is 14.1. The van der Waals surface area contributed by atoms with Crippen LogP contribution in [0.4, 0.5) is 0 Å². The fraction of sp³-hybridized carbons (Fsp3) is 0.515. The number of aromatic nitrogens is 1. The lowest BCUT2D eigenvalue weighted by molar-refractivity contribution is -0.122. The number of benzene rings is 2. The second kappa shape index (κ2) is 9.59. The Labute approximate surface area is 226 Å². The highest BCUT2D eigenvalue weighted by atomic mass is 16.6. The number of ether oxygens (including phenoxy) is 2. The van der Waals surface area contributed by atoms with Crippen LogP contribution in [-0.2, 0) is 16.1 Å². The molecule has 0 N–H and O–H groups in total. The second-order valence-corrected chi connectivity index (χ2v) is 12.3. The van der Waals surface area contributed by atoms with Gasteiger partial charge in [0.1, 0.15) is 17.1 Å². The highest BCUT2D eigenvalue weighted by Gasteiger charge is 2.61. The third-order valence-electron chi connectivity index (χ3n) is 8.53. The molecule has 1 saturated carbocycles. The summed E-state index contributed by atoms with van der Waals surface area (Å²) >= 11 is 0. The minimum absolute atomic E-state index is 0.178. The van der Waals surface area contributed by atoms with Crippen molar-refractivity contribution < 1.29 is 19.1 Å². The van der Waals surface area contributed by atoms with Crippen molar-refractivity contribution in [2.75, 3.05) is 7.11 Å². The summed E-state index contributed by atoms with van der Waals surface area (Å²) in [6.07, 6.45) is 5.24. The highest BCUT2D eigenvalue weighted by molar-refractivity contribution is 6.00. The fourth-order valence-corrected chi connectivity index (χ4v) is 6.68. The van der Waals surface area contributed by atoms with Gasteiger partial charge in [0, 0.05) is 23.0 Å². The molecule has 1 aliphatic heterocycles. The summed E-state index contributed by atoms with van der Waals surface area (Å²) < 4.78 is 13.7. The predicted octanol–water partition coefficient (Wildman–Crippen LogP) is 8.03. The summed E-state index contributed by atoms with van der Waals surface area (Å²) in [5.74, 6) is 1.31.